The van der Waals surface area contributed by atoms with E-state index in [9.17, 15) is 22.0 Å². The van der Waals surface area contributed by atoms with Crippen molar-refractivity contribution in [1.82, 2.24) is 14.3 Å². The monoisotopic (exact) mass is 525 g/mol. The van der Waals surface area contributed by atoms with E-state index in [-0.39, 0.29) is 23.7 Å². The normalized spacial score (nSPS) is 13.6. The number of fused-ring (bicyclic) bond motifs is 1. The predicted octanol–water partition coefficient (Wildman–Crippen LogP) is 4.82. The highest BCUT2D eigenvalue weighted by molar-refractivity contribution is 7.91. The molecule has 192 valence electrons. The van der Waals surface area contributed by atoms with Gasteiger partial charge in [0.1, 0.15) is 17.3 Å². The van der Waals surface area contributed by atoms with Gasteiger partial charge in [0.2, 0.25) is 15.9 Å². The van der Waals surface area contributed by atoms with Gasteiger partial charge in [-0.05, 0) is 67.3 Å². The number of benzene rings is 2. The van der Waals surface area contributed by atoms with E-state index in [4.69, 9.17) is 4.74 Å². The number of sulfonamides is 1. The second-order valence-corrected chi connectivity index (χ2v) is 10.9. The van der Waals surface area contributed by atoms with Crippen molar-refractivity contribution in [2.45, 2.75) is 38.0 Å². The minimum Gasteiger partial charge on any atom is -0.481 e. The van der Waals surface area contributed by atoms with Crippen molar-refractivity contribution in [3.05, 3.63) is 83.2 Å². The molecule has 0 saturated heterocycles. The molecular weight excluding hydrogens is 500 g/mol. The summed E-state index contributed by atoms with van der Waals surface area (Å²) in [6.45, 7) is 1.78. The molecule has 0 bridgehead atoms. The van der Waals surface area contributed by atoms with Gasteiger partial charge < -0.3 is 9.30 Å². The quantitative estimate of drug-likeness (QED) is 0.356. The maximum absolute atomic E-state index is 14.7. The number of nitrogens with zero attached hydrogens (tertiary/aromatic N) is 2. The number of hydrogen-bond donors (Lipinski definition) is 1. The average Bonchev–Trinajstić information content (AvgIpc) is 3.70. The molecule has 2 aromatic heterocycles. The van der Waals surface area contributed by atoms with E-state index in [0.717, 1.165) is 23.8 Å². The summed E-state index contributed by atoms with van der Waals surface area (Å²) in [5, 5.41) is 0.00875. The Bertz CT molecular complexity index is 1630. The number of ether oxygens (including phenoxy) is 1. The highest BCUT2D eigenvalue weighted by Gasteiger charge is 2.38. The van der Waals surface area contributed by atoms with E-state index in [2.05, 4.69) is 9.71 Å². The summed E-state index contributed by atoms with van der Waals surface area (Å²) in [6, 6.07) is 12.1. The summed E-state index contributed by atoms with van der Waals surface area (Å²) in [7, 11) is -2.45. The number of aryl methyl sites for hydroxylation is 1. The fourth-order valence-electron chi connectivity index (χ4n) is 4.51. The van der Waals surface area contributed by atoms with Crippen LogP contribution in [0.1, 0.15) is 41.4 Å². The van der Waals surface area contributed by atoms with Crippen molar-refractivity contribution in [2.75, 3.05) is 7.11 Å². The lowest BCUT2D eigenvalue weighted by Gasteiger charge is -2.14. The van der Waals surface area contributed by atoms with Crippen LogP contribution in [0.3, 0.4) is 0 Å². The number of rotatable bonds is 8. The van der Waals surface area contributed by atoms with Gasteiger partial charge in [-0.2, -0.15) is 0 Å². The van der Waals surface area contributed by atoms with E-state index in [1.54, 1.807) is 24.4 Å². The Balaban J connectivity index is 1.82. The number of carbonyl (C=O) groups excluding carboxylic acids is 1. The van der Waals surface area contributed by atoms with Crippen molar-refractivity contribution in [1.29, 1.82) is 0 Å². The number of aromatic nitrogens is 2. The first-order chi connectivity index (χ1) is 17.7. The van der Waals surface area contributed by atoms with Gasteiger partial charge in [-0.1, -0.05) is 13.0 Å². The molecule has 10 heteroatoms. The fourth-order valence-corrected chi connectivity index (χ4v) is 5.79. The molecule has 1 aliphatic rings. The van der Waals surface area contributed by atoms with Crippen LogP contribution in [0.4, 0.5) is 8.78 Å². The Morgan fingerprint density at radius 1 is 1.16 bits per heavy atom. The number of amides is 1. The number of hydrogen-bond acceptors (Lipinski definition) is 5. The molecule has 1 fully saturated rings. The van der Waals surface area contributed by atoms with E-state index < -0.39 is 32.8 Å². The highest BCUT2D eigenvalue weighted by Crippen LogP contribution is 2.40. The van der Waals surface area contributed by atoms with Crippen LogP contribution >= 0.6 is 0 Å². The molecule has 0 atom stereocenters. The molecule has 7 nitrogen and oxygen atoms in total. The minimum atomic E-state index is -3.90. The zero-order valence-corrected chi connectivity index (χ0v) is 21.1. The van der Waals surface area contributed by atoms with Crippen molar-refractivity contribution in [3.63, 3.8) is 0 Å². The molecule has 2 aromatic carbocycles. The summed E-state index contributed by atoms with van der Waals surface area (Å²) in [4.78, 5) is 18.0. The Morgan fingerprint density at radius 2 is 1.95 bits per heavy atom. The van der Waals surface area contributed by atoms with Gasteiger partial charge >= 0.3 is 0 Å². The van der Waals surface area contributed by atoms with Crippen LogP contribution < -0.4 is 9.46 Å². The molecule has 0 spiro atoms. The summed E-state index contributed by atoms with van der Waals surface area (Å²) in [6.07, 6.45) is 3.20. The van der Waals surface area contributed by atoms with Gasteiger partial charge in [-0.3, -0.25) is 4.79 Å². The topological polar surface area (TPSA) is 90.3 Å². The Hall–Kier alpha value is -3.79. The van der Waals surface area contributed by atoms with Gasteiger partial charge in [-0.15, -0.1) is 0 Å². The Labute approximate surface area is 213 Å². The van der Waals surface area contributed by atoms with E-state index in [1.807, 2.05) is 19.1 Å². The number of nitrogens with one attached hydrogen (secondary N) is 1. The van der Waals surface area contributed by atoms with Crippen LogP contribution in [-0.2, 0) is 23.0 Å². The van der Waals surface area contributed by atoms with Crippen LogP contribution in [0.25, 0.3) is 22.0 Å². The number of halogens is 2. The van der Waals surface area contributed by atoms with E-state index in [0.29, 0.717) is 41.3 Å². The third kappa shape index (κ3) is 4.69. The standard InChI is InChI=1S/C27H25F2N3O4S/c1-3-16-6-11-23-21(13-16)24(20-5-4-12-30-27(20)36-2)25(26(33)31-37(34,35)19-8-9-19)32(23)15-17-14-18(28)7-10-22(17)29/h4-7,10-14,19H,3,8-9,15H2,1-2H3,(H,31,33). The summed E-state index contributed by atoms with van der Waals surface area (Å²) in [5.74, 6) is -1.90. The molecule has 5 rings (SSSR count). The van der Waals surface area contributed by atoms with Gasteiger partial charge in [-0.25, -0.2) is 26.9 Å². The van der Waals surface area contributed by atoms with E-state index in [1.165, 1.54) is 11.7 Å². The predicted molar refractivity (Wildman–Crippen MR) is 136 cm³/mol. The number of carbonyl (C=O) groups is 1. The Kier molecular flexibility index (Phi) is 6.45. The molecule has 37 heavy (non-hydrogen) atoms. The zero-order chi connectivity index (χ0) is 26.3. The largest absolute Gasteiger partial charge is 0.481 e. The maximum Gasteiger partial charge on any atom is 0.282 e. The van der Waals surface area contributed by atoms with Gasteiger partial charge in [0.05, 0.1) is 18.9 Å². The third-order valence-electron chi connectivity index (χ3n) is 6.52. The Morgan fingerprint density at radius 3 is 2.65 bits per heavy atom. The number of pyridine rings is 1. The van der Waals surface area contributed by atoms with Gasteiger partial charge in [0.15, 0.2) is 0 Å². The van der Waals surface area contributed by atoms with Gasteiger partial charge in [0.25, 0.3) is 5.91 Å². The van der Waals surface area contributed by atoms with Gasteiger partial charge in [0, 0.05) is 33.8 Å². The molecule has 0 aliphatic heterocycles. The SMILES string of the molecule is CCc1ccc2c(c1)c(-c1cccnc1OC)c(C(=O)NS(=O)(=O)C1CC1)n2Cc1cc(F)ccc1F. The smallest absolute Gasteiger partial charge is 0.282 e. The lowest BCUT2D eigenvalue weighted by Crippen LogP contribution is -2.35. The van der Waals surface area contributed by atoms with Crippen molar-refractivity contribution >= 4 is 26.8 Å². The first kappa shape index (κ1) is 24.9. The lowest BCUT2D eigenvalue weighted by molar-refractivity contribution is 0.0974. The van der Waals surface area contributed by atoms with Crippen LogP contribution in [0.5, 0.6) is 5.88 Å². The molecular formula is C27H25F2N3O4S. The molecule has 0 radical (unpaired) electrons. The first-order valence-electron chi connectivity index (χ1n) is 11.9. The first-order valence-corrected chi connectivity index (χ1v) is 13.4. The molecule has 2 heterocycles. The summed E-state index contributed by atoms with van der Waals surface area (Å²) >= 11 is 0. The molecule has 1 N–H and O–H groups in total. The zero-order valence-electron chi connectivity index (χ0n) is 20.3. The molecule has 1 aliphatic carbocycles. The summed E-state index contributed by atoms with van der Waals surface area (Å²) in [5.41, 5.74) is 2.40. The fraction of sp³-hybridized carbons (Fsp3) is 0.259. The van der Waals surface area contributed by atoms with Crippen LogP contribution in [-0.4, -0.2) is 36.2 Å². The van der Waals surface area contributed by atoms with Crippen LogP contribution in [0, 0.1) is 11.6 Å². The summed E-state index contributed by atoms with van der Waals surface area (Å²) < 4.78 is 63.5. The minimum absolute atomic E-state index is 0.0116. The second-order valence-electron chi connectivity index (χ2n) is 8.99. The molecule has 1 amide bonds. The third-order valence-corrected chi connectivity index (χ3v) is 8.34. The average molecular weight is 526 g/mol. The molecule has 0 unspecified atom stereocenters. The lowest BCUT2D eigenvalue weighted by atomic mass is 10.0. The number of methoxy groups -OCH3 is 1. The maximum atomic E-state index is 14.7. The van der Waals surface area contributed by atoms with Crippen LogP contribution in [0.2, 0.25) is 0 Å². The van der Waals surface area contributed by atoms with Crippen molar-refractivity contribution in [3.8, 4) is 17.0 Å². The highest BCUT2D eigenvalue weighted by atomic mass is 32.2. The van der Waals surface area contributed by atoms with E-state index >= 15 is 0 Å². The van der Waals surface area contributed by atoms with Crippen LogP contribution in [0.15, 0.2) is 54.7 Å². The van der Waals surface area contributed by atoms with Crippen molar-refractivity contribution in [2.24, 2.45) is 0 Å². The molecule has 1 saturated carbocycles. The molecule has 4 aromatic rings. The second kappa shape index (κ2) is 9.59. The van der Waals surface area contributed by atoms with Crippen molar-refractivity contribution < 1.29 is 26.7 Å².